The second-order valence-corrected chi connectivity index (χ2v) is 7.28. The number of nitrogens with zero attached hydrogens (tertiary/aromatic N) is 3. The standard InChI is InChI=1S/C18H28N4O2/c1-13(2)8-9-19-17(23)16-20-15(14-7-3-4-12-22(14)16)18(24)21-10-5-6-11-21/h13H,3-12H2,1-2H3,(H,19,23). The van der Waals surface area contributed by atoms with Crippen molar-refractivity contribution in [3.63, 3.8) is 0 Å². The molecule has 1 N–H and O–H groups in total. The van der Waals surface area contributed by atoms with Crippen molar-refractivity contribution in [2.24, 2.45) is 5.92 Å². The molecule has 24 heavy (non-hydrogen) atoms. The van der Waals surface area contributed by atoms with Crippen LogP contribution in [-0.2, 0) is 13.0 Å². The van der Waals surface area contributed by atoms with Gasteiger partial charge in [0.05, 0.1) is 5.69 Å². The molecule has 0 radical (unpaired) electrons. The molecule has 0 atom stereocenters. The lowest BCUT2D eigenvalue weighted by atomic mass is 10.1. The van der Waals surface area contributed by atoms with Gasteiger partial charge in [-0.15, -0.1) is 0 Å². The molecule has 0 bridgehead atoms. The first-order valence-corrected chi connectivity index (χ1v) is 9.25. The molecule has 3 rings (SSSR count). The normalized spacial score (nSPS) is 17.2. The Morgan fingerprint density at radius 2 is 1.83 bits per heavy atom. The van der Waals surface area contributed by atoms with Crippen LogP contribution in [0.15, 0.2) is 0 Å². The highest BCUT2D eigenvalue weighted by Crippen LogP contribution is 2.23. The molecule has 1 aromatic heterocycles. The minimum Gasteiger partial charge on any atom is -0.349 e. The molecule has 2 aliphatic rings. The second-order valence-electron chi connectivity index (χ2n) is 7.28. The van der Waals surface area contributed by atoms with Crippen LogP contribution in [0.3, 0.4) is 0 Å². The largest absolute Gasteiger partial charge is 0.349 e. The molecular weight excluding hydrogens is 304 g/mol. The number of imidazole rings is 1. The Labute approximate surface area is 143 Å². The fourth-order valence-corrected chi connectivity index (χ4v) is 3.51. The predicted molar refractivity (Wildman–Crippen MR) is 92.1 cm³/mol. The van der Waals surface area contributed by atoms with Crippen molar-refractivity contribution >= 4 is 11.8 Å². The topological polar surface area (TPSA) is 67.2 Å². The van der Waals surface area contributed by atoms with Crippen molar-refractivity contribution in [1.29, 1.82) is 0 Å². The van der Waals surface area contributed by atoms with Crippen LogP contribution in [0.4, 0.5) is 0 Å². The van der Waals surface area contributed by atoms with Gasteiger partial charge >= 0.3 is 0 Å². The summed E-state index contributed by atoms with van der Waals surface area (Å²) in [5.74, 6) is 0.807. The van der Waals surface area contributed by atoms with Gasteiger partial charge in [0.1, 0.15) is 5.69 Å². The SMILES string of the molecule is CC(C)CCNC(=O)c1nc(C(=O)N2CCCC2)c2n1CCCC2. The minimum absolute atomic E-state index is 0.000574. The molecule has 1 fully saturated rings. The van der Waals surface area contributed by atoms with Crippen molar-refractivity contribution in [2.45, 2.75) is 58.9 Å². The van der Waals surface area contributed by atoms with Crippen molar-refractivity contribution in [3.8, 4) is 0 Å². The number of hydrogen-bond donors (Lipinski definition) is 1. The van der Waals surface area contributed by atoms with Crippen LogP contribution in [0.25, 0.3) is 0 Å². The molecule has 1 saturated heterocycles. The van der Waals surface area contributed by atoms with Crippen molar-refractivity contribution < 1.29 is 9.59 Å². The van der Waals surface area contributed by atoms with Crippen LogP contribution >= 0.6 is 0 Å². The van der Waals surface area contributed by atoms with Gasteiger partial charge in [-0.05, 0) is 44.4 Å². The molecule has 0 spiro atoms. The van der Waals surface area contributed by atoms with Gasteiger partial charge in [0.25, 0.3) is 11.8 Å². The van der Waals surface area contributed by atoms with Crippen LogP contribution in [0.1, 0.15) is 72.8 Å². The first-order valence-electron chi connectivity index (χ1n) is 9.25. The van der Waals surface area contributed by atoms with E-state index in [1.165, 1.54) is 0 Å². The second kappa shape index (κ2) is 7.36. The quantitative estimate of drug-likeness (QED) is 0.899. The van der Waals surface area contributed by atoms with Gasteiger partial charge in [-0.25, -0.2) is 4.98 Å². The van der Waals surface area contributed by atoms with E-state index in [4.69, 9.17) is 0 Å². The number of aromatic nitrogens is 2. The van der Waals surface area contributed by atoms with E-state index < -0.39 is 0 Å². The molecule has 132 valence electrons. The van der Waals surface area contributed by atoms with Crippen LogP contribution in [0.5, 0.6) is 0 Å². The molecule has 0 aliphatic carbocycles. The average Bonchev–Trinajstić information content (AvgIpc) is 3.22. The smallest absolute Gasteiger partial charge is 0.287 e. The van der Waals surface area contributed by atoms with E-state index >= 15 is 0 Å². The first-order chi connectivity index (χ1) is 11.6. The van der Waals surface area contributed by atoms with E-state index in [0.717, 1.165) is 63.9 Å². The molecule has 0 unspecified atom stereocenters. The number of amides is 2. The maximum absolute atomic E-state index is 12.8. The maximum atomic E-state index is 12.8. The Bertz CT molecular complexity index is 615. The Kier molecular flexibility index (Phi) is 5.21. The zero-order chi connectivity index (χ0) is 17.1. The fraction of sp³-hybridized carbons (Fsp3) is 0.722. The average molecular weight is 332 g/mol. The third kappa shape index (κ3) is 3.47. The van der Waals surface area contributed by atoms with Gasteiger partial charge < -0.3 is 14.8 Å². The number of likely N-dealkylation sites (tertiary alicyclic amines) is 1. The van der Waals surface area contributed by atoms with Gasteiger partial charge in [0.15, 0.2) is 5.82 Å². The predicted octanol–water partition coefficient (Wildman–Crippen LogP) is 2.23. The monoisotopic (exact) mass is 332 g/mol. The molecule has 0 saturated carbocycles. The summed E-state index contributed by atoms with van der Waals surface area (Å²) in [4.78, 5) is 31.7. The zero-order valence-corrected chi connectivity index (χ0v) is 14.8. The number of nitrogens with one attached hydrogen (secondary N) is 1. The number of carbonyl (C=O) groups excluding carboxylic acids is 2. The van der Waals surface area contributed by atoms with E-state index in [0.29, 0.717) is 24.0 Å². The van der Waals surface area contributed by atoms with E-state index in [9.17, 15) is 9.59 Å². The van der Waals surface area contributed by atoms with E-state index in [2.05, 4.69) is 24.1 Å². The number of hydrogen-bond acceptors (Lipinski definition) is 3. The summed E-state index contributed by atoms with van der Waals surface area (Å²) in [6.45, 7) is 7.31. The third-order valence-corrected chi connectivity index (χ3v) is 4.92. The highest BCUT2D eigenvalue weighted by molar-refractivity contribution is 5.97. The molecule has 3 heterocycles. The van der Waals surface area contributed by atoms with E-state index in [1.807, 2.05) is 9.47 Å². The fourth-order valence-electron chi connectivity index (χ4n) is 3.51. The van der Waals surface area contributed by atoms with E-state index in [1.54, 1.807) is 0 Å². The summed E-state index contributed by atoms with van der Waals surface area (Å²) < 4.78 is 1.97. The number of fused-ring (bicyclic) bond motifs is 1. The first kappa shape index (κ1) is 17.0. The summed E-state index contributed by atoms with van der Waals surface area (Å²) in [6, 6.07) is 0. The lowest BCUT2D eigenvalue weighted by Crippen LogP contribution is -2.29. The molecular formula is C18H28N4O2. The summed E-state index contributed by atoms with van der Waals surface area (Å²) in [6.07, 6.45) is 5.99. The summed E-state index contributed by atoms with van der Waals surface area (Å²) in [5.41, 5.74) is 1.46. The Morgan fingerprint density at radius 3 is 2.54 bits per heavy atom. The lowest BCUT2D eigenvalue weighted by Gasteiger charge is -2.18. The Morgan fingerprint density at radius 1 is 1.12 bits per heavy atom. The maximum Gasteiger partial charge on any atom is 0.287 e. The Balaban J connectivity index is 1.81. The molecule has 6 nitrogen and oxygen atoms in total. The number of carbonyl (C=O) groups is 2. The van der Waals surface area contributed by atoms with Crippen LogP contribution in [-0.4, -0.2) is 45.9 Å². The molecule has 0 aromatic carbocycles. The van der Waals surface area contributed by atoms with E-state index in [-0.39, 0.29) is 11.8 Å². The molecule has 1 aromatic rings. The summed E-state index contributed by atoms with van der Waals surface area (Å²) in [7, 11) is 0. The number of rotatable bonds is 5. The van der Waals surface area contributed by atoms with Crippen LogP contribution in [0.2, 0.25) is 0 Å². The zero-order valence-electron chi connectivity index (χ0n) is 14.8. The third-order valence-electron chi connectivity index (χ3n) is 4.92. The van der Waals surface area contributed by atoms with Crippen molar-refractivity contribution in [2.75, 3.05) is 19.6 Å². The van der Waals surface area contributed by atoms with Crippen molar-refractivity contribution in [1.82, 2.24) is 19.8 Å². The van der Waals surface area contributed by atoms with Gasteiger partial charge in [-0.2, -0.15) is 0 Å². The highest BCUT2D eigenvalue weighted by Gasteiger charge is 2.30. The molecule has 2 amide bonds. The van der Waals surface area contributed by atoms with Gasteiger partial charge in [0, 0.05) is 26.2 Å². The highest BCUT2D eigenvalue weighted by atomic mass is 16.2. The van der Waals surface area contributed by atoms with Crippen LogP contribution < -0.4 is 5.32 Å². The summed E-state index contributed by atoms with van der Waals surface area (Å²) in [5, 5.41) is 2.96. The Hall–Kier alpha value is -1.85. The molecule has 2 aliphatic heterocycles. The summed E-state index contributed by atoms with van der Waals surface area (Å²) >= 11 is 0. The minimum atomic E-state index is -0.153. The van der Waals surface area contributed by atoms with Gasteiger partial charge in [-0.3, -0.25) is 9.59 Å². The van der Waals surface area contributed by atoms with Gasteiger partial charge in [-0.1, -0.05) is 13.8 Å². The lowest BCUT2D eigenvalue weighted by molar-refractivity contribution is 0.0786. The van der Waals surface area contributed by atoms with Gasteiger partial charge in [0.2, 0.25) is 0 Å². The molecule has 6 heteroatoms. The van der Waals surface area contributed by atoms with Crippen molar-refractivity contribution in [3.05, 3.63) is 17.2 Å². The van der Waals surface area contributed by atoms with Crippen LogP contribution in [0, 0.1) is 5.92 Å².